The Morgan fingerprint density at radius 1 is 0.743 bits per heavy atom. The zero-order valence-corrected chi connectivity index (χ0v) is 19.2. The van der Waals surface area contributed by atoms with Crippen LogP contribution in [0.3, 0.4) is 0 Å². The van der Waals surface area contributed by atoms with Gasteiger partial charge in [-0.2, -0.15) is 0 Å². The number of epoxide rings is 1. The fourth-order valence-electron chi connectivity index (χ4n) is 4.24. The van der Waals surface area contributed by atoms with Crippen LogP contribution in [-0.4, -0.2) is 36.9 Å². The van der Waals surface area contributed by atoms with Gasteiger partial charge in [0.25, 0.3) is 0 Å². The summed E-state index contributed by atoms with van der Waals surface area (Å²) in [7, 11) is 0. The van der Waals surface area contributed by atoms with Gasteiger partial charge < -0.3 is 23.7 Å². The van der Waals surface area contributed by atoms with Crippen molar-refractivity contribution in [3.05, 3.63) is 118 Å². The molecule has 3 aromatic carbocycles. The van der Waals surface area contributed by atoms with Crippen molar-refractivity contribution in [3.8, 4) is 0 Å². The van der Waals surface area contributed by atoms with Crippen molar-refractivity contribution in [1.29, 1.82) is 0 Å². The molecule has 2 fully saturated rings. The molecule has 1 spiro atoms. The molecule has 0 bridgehead atoms. The first-order chi connectivity index (χ1) is 17.3. The quantitative estimate of drug-likeness (QED) is 0.176. The number of hydrogen-bond acceptors (Lipinski definition) is 6. The third-order valence-corrected chi connectivity index (χ3v) is 6.09. The van der Waals surface area contributed by atoms with E-state index < -0.39 is 30.3 Å². The van der Waals surface area contributed by atoms with Crippen LogP contribution in [0.4, 0.5) is 0 Å². The Bertz CT molecular complexity index is 1120. The van der Waals surface area contributed by atoms with Crippen molar-refractivity contribution in [2.45, 2.75) is 50.1 Å². The Morgan fingerprint density at radius 2 is 1.20 bits per heavy atom. The molecule has 0 amide bonds. The molecule has 0 radical (unpaired) electrons. The molecular formula is C27H27N3O5. The third kappa shape index (κ3) is 5.71. The first kappa shape index (κ1) is 23.5. The second-order valence-corrected chi connectivity index (χ2v) is 8.55. The normalized spacial score (nSPS) is 27.3. The molecule has 8 nitrogen and oxygen atoms in total. The van der Waals surface area contributed by atoms with Crippen LogP contribution in [0, 0.1) is 0 Å². The van der Waals surface area contributed by atoms with E-state index in [1.165, 1.54) is 0 Å². The lowest BCUT2D eigenvalue weighted by molar-refractivity contribution is -0.295. The number of benzene rings is 3. The molecule has 0 N–H and O–H groups in total. The van der Waals surface area contributed by atoms with E-state index in [1.807, 2.05) is 91.0 Å². The number of ether oxygens (including phenoxy) is 5. The second kappa shape index (κ2) is 11.0. The maximum Gasteiger partial charge on any atom is 0.222 e. The maximum atomic E-state index is 9.23. The molecule has 2 aliphatic heterocycles. The van der Waals surface area contributed by atoms with Crippen LogP contribution in [0.5, 0.6) is 0 Å². The fourth-order valence-corrected chi connectivity index (χ4v) is 4.24. The predicted molar refractivity (Wildman–Crippen MR) is 128 cm³/mol. The first-order valence-corrected chi connectivity index (χ1v) is 11.6. The van der Waals surface area contributed by atoms with Crippen molar-refractivity contribution in [2.24, 2.45) is 5.11 Å². The Kier molecular flexibility index (Phi) is 7.39. The SMILES string of the molecule is [N-]=[N+]=N[C@@H]1OC2(CO2)[C@@H](OCc2ccccc2)[C@H](OCc2ccccc2)[C@H]1OCc1ccccc1. The molecule has 8 heteroatoms. The van der Waals surface area contributed by atoms with Crippen LogP contribution < -0.4 is 0 Å². The molecule has 2 saturated heterocycles. The van der Waals surface area contributed by atoms with Gasteiger partial charge in [0.05, 0.1) is 19.8 Å². The van der Waals surface area contributed by atoms with Gasteiger partial charge in [-0.15, -0.1) is 0 Å². The van der Waals surface area contributed by atoms with Gasteiger partial charge in [0.2, 0.25) is 5.79 Å². The van der Waals surface area contributed by atoms with E-state index >= 15 is 0 Å². The minimum atomic E-state index is -1.04. The largest absolute Gasteiger partial charge is 0.368 e. The monoisotopic (exact) mass is 473 g/mol. The Morgan fingerprint density at radius 3 is 1.66 bits per heavy atom. The van der Waals surface area contributed by atoms with Crippen molar-refractivity contribution < 1.29 is 23.7 Å². The lowest BCUT2D eigenvalue weighted by Gasteiger charge is -2.43. The van der Waals surface area contributed by atoms with E-state index in [0.717, 1.165) is 16.7 Å². The Labute approximate surface area is 204 Å². The molecule has 5 atom stereocenters. The van der Waals surface area contributed by atoms with Gasteiger partial charge in [0, 0.05) is 4.91 Å². The van der Waals surface area contributed by atoms with Crippen LogP contribution in [0.25, 0.3) is 10.4 Å². The highest BCUT2D eigenvalue weighted by Crippen LogP contribution is 2.45. The average Bonchev–Trinajstić information content (AvgIpc) is 3.68. The van der Waals surface area contributed by atoms with E-state index in [4.69, 9.17) is 23.7 Å². The van der Waals surface area contributed by atoms with Gasteiger partial charge in [0.1, 0.15) is 24.9 Å². The minimum Gasteiger partial charge on any atom is -0.368 e. The van der Waals surface area contributed by atoms with Gasteiger partial charge in [-0.3, -0.25) is 0 Å². The van der Waals surface area contributed by atoms with Gasteiger partial charge in [-0.1, -0.05) is 96.1 Å². The van der Waals surface area contributed by atoms with E-state index in [2.05, 4.69) is 10.0 Å². The number of hydrogen-bond donors (Lipinski definition) is 0. The van der Waals surface area contributed by atoms with Crippen molar-refractivity contribution in [3.63, 3.8) is 0 Å². The highest BCUT2D eigenvalue weighted by atomic mass is 16.8. The van der Waals surface area contributed by atoms with Crippen molar-refractivity contribution >= 4 is 0 Å². The molecule has 2 aliphatic rings. The Balaban J connectivity index is 1.41. The third-order valence-electron chi connectivity index (χ3n) is 6.09. The molecule has 2 heterocycles. The molecule has 35 heavy (non-hydrogen) atoms. The maximum absolute atomic E-state index is 9.23. The van der Waals surface area contributed by atoms with Crippen molar-refractivity contribution in [2.75, 3.05) is 6.61 Å². The zero-order valence-electron chi connectivity index (χ0n) is 19.2. The van der Waals surface area contributed by atoms with E-state index in [1.54, 1.807) is 0 Å². The highest BCUT2D eigenvalue weighted by Gasteiger charge is 2.65. The molecule has 180 valence electrons. The van der Waals surface area contributed by atoms with E-state index in [0.29, 0.717) is 26.4 Å². The summed E-state index contributed by atoms with van der Waals surface area (Å²) in [5, 5.41) is 3.89. The molecule has 3 aromatic rings. The van der Waals surface area contributed by atoms with Crippen LogP contribution in [0.1, 0.15) is 16.7 Å². The van der Waals surface area contributed by atoms with Gasteiger partial charge in [-0.25, -0.2) is 0 Å². The van der Waals surface area contributed by atoms with Crippen LogP contribution in [0.15, 0.2) is 96.1 Å². The highest BCUT2D eigenvalue weighted by molar-refractivity contribution is 5.16. The van der Waals surface area contributed by atoms with Gasteiger partial charge >= 0.3 is 0 Å². The summed E-state index contributed by atoms with van der Waals surface area (Å²) in [4.78, 5) is 3.00. The molecule has 0 saturated carbocycles. The smallest absolute Gasteiger partial charge is 0.222 e. The van der Waals surface area contributed by atoms with E-state index in [9.17, 15) is 5.53 Å². The predicted octanol–water partition coefficient (Wildman–Crippen LogP) is 5.14. The average molecular weight is 474 g/mol. The van der Waals surface area contributed by atoms with Crippen LogP contribution in [-0.2, 0) is 43.5 Å². The van der Waals surface area contributed by atoms with Crippen LogP contribution >= 0.6 is 0 Å². The fraction of sp³-hybridized carbons (Fsp3) is 0.333. The zero-order chi connectivity index (χ0) is 23.9. The second-order valence-electron chi connectivity index (χ2n) is 8.55. The lowest BCUT2D eigenvalue weighted by atomic mass is 9.97. The van der Waals surface area contributed by atoms with Crippen molar-refractivity contribution in [1.82, 2.24) is 0 Å². The number of nitrogens with zero attached hydrogens (tertiary/aromatic N) is 3. The minimum absolute atomic E-state index is 0.302. The summed E-state index contributed by atoms with van der Waals surface area (Å²) in [6, 6.07) is 29.5. The number of rotatable bonds is 10. The standard InChI is InChI=1S/C27H27N3O5/c28-30-29-26-24(32-17-21-12-6-2-7-13-21)23(31-16-20-10-4-1-5-11-20)25(27(35-26)19-34-27)33-18-22-14-8-3-9-15-22/h1-15,23-26H,16-19H2/t23-,24-,25+,26-,27?/m1/s1. The Hall–Kier alpha value is -3.23. The topological polar surface area (TPSA) is 98.2 Å². The number of azide groups is 1. The lowest BCUT2D eigenvalue weighted by Crippen LogP contribution is -2.61. The summed E-state index contributed by atoms with van der Waals surface area (Å²) in [5.41, 5.74) is 12.2. The molecular weight excluding hydrogens is 446 g/mol. The van der Waals surface area contributed by atoms with Crippen LogP contribution in [0.2, 0.25) is 0 Å². The van der Waals surface area contributed by atoms with E-state index in [-0.39, 0.29) is 0 Å². The van der Waals surface area contributed by atoms with Gasteiger partial charge in [0.15, 0.2) is 6.23 Å². The summed E-state index contributed by atoms with van der Waals surface area (Å²) in [6.45, 7) is 1.31. The summed E-state index contributed by atoms with van der Waals surface area (Å²) in [6.07, 6.45) is -2.82. The first-order valence-electron chi connectivity index (χ1n) is 11.6. The molecule has 0 aliphatic carbocycles. The molecule has 5 rings (SSSR count). The molecule has 0 aromatic heterocycles. The summed E-state index contributed by atoms with van der Waals surface area (Å²) in [5.74, 6) is -1.04. The molecule has 1 unspecified atom stereocenters. The summed E-state index contributed by atoms with van der Waals surface area (Å²) < 4.78 is 31.0. The summed E-state index contributed by atoms with van der Waals surface area (Å²) >= 11 is 0. The van der Waals surface area contributed by atoms with Gasteiger partial charge in [-0.05, 0) is 22.2 Å².